The van der Waals surface area contributed by atoms with E-state index in [1.54, 1.807) is 6.07 Å². The van der Waals surface area contributed by atoms with Gasteiger partial charge in [0.15, 0.2) is 0 Å². The van der Waals surface area contributed by atoms with Gasteiger partial charge in [0.05, 0.1) is 11.6 Å². The van der Waals surface area contributed by atoms with Crippen LogP contribution in [0.25, 0.3) is 0 Å². The van der Waals surface area contributed by atoms with Gasteiger partial charge in [-0.25, -0.2) is 4.79 Å². The second-order valence-corrected chi connectivity index (χ2v) is 4.54. The molecule has 2 rings (SSSR count). The standard InChI is InChI=1S/C14H15NO2/c1-10-3-2-4-12(7-10)14(16)17-13-6-5-11(8-13)9-15/h2-4,7,11,13H,5-6,8H2,1H3. The molecule has 0 N–H and O–H groups in total. The highest BCUT2D eigenvalue weighted by atomic mass is 16.5. The molecule has 1 aliphatic carbocycles. The summed E-state index contributed by atoms with van der Waals surface area (Å²) in [4.78, 5) is 11.8. The average Bonchev–Trinajstić information content (AvgIpc) is 2.77. The van der Waals surface area contributed by atoms with Crippen LogP contribution in [0.2, 0.25) is 0 Å². The van der Waals surface area contributed by atoms with Crippen LogP contribution in [0.5, 0.6) is 0 Å². The molecule has 0 aromatic heterocycles. The zero-order valence-corrected chi connectivity index (χ0v) is 9.85. The molecule has 17 heavy (non-hydrogen) atoms. The molecular formula is C14H15NO2. The van der Waals surface area contributed by atoms with Crippen LogP contribution in [0.15, 0.2) is 24.3 Å². The van der Waals surface area contributed by atoms with E-state index in [1.807, 2.05) is 25.1 Å². The van der Waals surface area contributed by atoms with Gasteiger partial charge in [-0.3, -0.25) is 0 Å². The number of hydrogen-bond donors (Lipinski definition) is 0. The lowest BCUT2D eigenvalue weighted by Crippen LogP contribution is -2.15. The zero-order valence-electron chi connectivity index (χ0n) is 9.85. The Balaban J connectivity index is 1.96. The van der Waals surface area contributed by atoms with Gasteiger partial charge in [-0.15, -0.1) is 0 Å². The van der Waals surface area contributed by atoms with Gasteiger partial charge in [0.1, 0.15) is 6.10 Å². The highest BCUT2D eigenvalue weighted by Crippen LogP contribution is 2.27. The van der Waals surface area contributed by atoms with Crippen molar-refractivity contribution in [2.24, 2.45) is 5.92 Å². The molecule has 0 bridgehead atoms. The van der Waals surface area contributed by atoms with Gasteiger partial charge in [-0.05, 0) is 31.9 Å². The van der Waals surface area contributed by atoms with E-state index >= 15 is 0 Å². The van der Waals surface area contributed by atoms with Crippen molar-refractivity contribution in [3.63, 3.8) is 0 Å². The second kappa shape index (κ2) is 5.01. The largest absolute Gasteiger partial charge is 0.459 e. The smallest absolute Gasteiger partial charge is 0.338 e. The normalized spacial score (nSPS) is 23.1. The van der Waals surface area contributed by atoms with Crippen molar-refractivity contribution in [1.29, 1.82) is 5.26 Å². The quantitative estimate of drug-likeness (QED) is 0.733. The topological polar surface area (TPSA) is 50.1 Å². The molecule has 1 aliphatic rings. The first-order chi connectivity index (χ1) is 8.19. The number of nitriles is 1. The maximum absolute atomic E-state index is 11.8. The minimum atomic E-state index is -0.280. The van der Waals surface area contributed by atoms with E-state index in [-0.39, 0.29) is 18.0 Å². The first-order valence-electron chi connectivity index (χ1n) is 5.86. The van der Waals surface area contributed by atoms with Crippen molar-refractivity contribution in [2.75, 3.05) is 0 Å². The molecule has 0 spiro atoms. The van der Waals surface area contributed by atoms with Crippen molar-refractivity contribution in [2.45, 2.75) is 32.3 Å². The lowest BCUT2D eigenvalue weighted by atomic mass is 10.1. The number of ether oxygens (including phenoxy) is 1. The number of carbonyl (C=O) groups is 1. The average molecular weight is 229 g/mol. The number of carbonyl (C=O) groups excluding carboxylic acids is 1. The third kappa shape index (κ3) is 2.85. The predicted octanol–water partition coefficient (Wildman–Crippen LogP) is 2.84. The summed E-state index contributed by atoms with van der Waals surface area (Å²) in [5.74, 6) is -0.234. The third-order valence-electron chi connectivity index (χ3n) is 3.09. The minimum Gasteiger partial charge on any atom is -0.459 e. The fourth-order valence-electron chi connectivity index (χ4n) is 2.16. The van der Waals surface area contributed by atoms with E-state index in [0.29, 0.717) is 12.0 Å². The van der Waals surface area contributed by atoms with Crippen LogP contribution in [0.1, 0.15) is 35.2 Å². The number of benzene rings is 1. The summed E-state index contributed by atoms with van der Waals surface area (Å²) in [6, 6.07) is 9.59. The van der Waals surface area contributed by atoms with E-state index in [1.165, 1.54) is 0 Å². The zero-order chi connectivity index (χ0) is 12.3. The van der Waals surface area contributed by atoms with Crippen molar-refractivity contribution in [3.8, 4) is 6.07 Å². The van der Waals surface area contributed by atoms with E-state index in [0.717, 1.165) is 18.4 Å². The van der Waals surface area contributed by atoms with Crippen molar-refractivity contribution >= 4 is 5.97 Å². The van der Waals surface area contributed by atoms with E-state index in [4.69, 9.17) is 10.00 Å². The lowest BCUT2D eigenvalue weighted by molar-refractivity contribution is 0.0313. The third-order valence-corrected chi connectivity index (χ3v) is 3.09. The van der Waals surface area contributed by atoms with Gasteiger partial charge in [0.25, 0.3) is 0 Å². The summed E-state index contributed by atoms with van der Waals surface area (Å²) in [5.41, 5.74) is 1.63. The number of nitrogens with zero attached hydrogens (tertiary/aromatic N) is 1. The summed E-state index contributed by atoms with van der Waals surface area (Å²) in [6.45, 7) is 1.94. The molecule has 3 heteroatoms. The molecule has 0 saturated heterocycles. The molecule has 2 unspecified atom stereocenters. The molecule has 1 saturated carbocycles. The summed E-state index contributed by atoms with van der Waals surface area (Å²) in [5, 5.41) is 8.78. The summed E-state index contributed by atoms with van der Waals surface area (Å²) in [7, 11) is 0. The summed E-state index contributed by atoms with van der Waals surface area (Å²) < 4.78 is 5.39. The Morgan fingerprint density at radius 3 is 2.94 bits per heavy atom. The van der Waals surface area contributed by atoms with Crippen molar-refractivity contribution in [1.82, 2.24) is 0 Å². The van der Waals surface area contributed by atoms with Gasteiger partial charge in [-0.1, -0.05) is 17.7 Å². The Morgan fingerprint density at radius 2 is 2.29 bits per heavy atom. The van der Waals surface area contributed by atoms with Crippen LogP contribution in [0.3, 0.4) is 0 Å². The molecule has 88 valence electrons. The van der Waals surface area contributed by atoms with Gasteiger partial charge in [0.2, 0.25) is 0 Å². The molecule has 0 heterocycles. The molecule has 1 aromatic rings. The van der Waals surface area contributed by atoms with Crippen LogP contribution >= 0.6 is 0 Å². The van der Waals surface area contributed by atoms with Crippen LogP contribution in [-0.2, 0) is 4.74 Å². The highest BCUT2D eigenvalue weighted by Gasteiger charge is 2.27. The van der Waals surface area contributed by atoms with Gasteiger partial charge >= 0.3 is 5.97 Å². The maximum Gasteiger partial charge on any atom is 0.338 e. The number of rotatable bonds is 2. The minimum absolute atomic E-state index is 0.0466. The van der Waals surface area contributed by atoms with Crippen LogP contribution < -0.4 is 0 Å². The number of hydrogen-bond acceptors (Lipinski definition) is 3. The van der Waals surface area contributed by atoms with Gasteiger partial charge in [-0.2, -0.15) is 5.26 Å². The molecule has 1 aromatic carbocycles. The van der Waals surface area contributed by atoms with Crippen LogP contribution in [-0.4, -0.2) is 12.1 Å². The lowest BCUT2D eigenvalue weighted by Gasteiger charge is -2.11. The maximum atomic E-state index is 11.8. The van der Waals surface area contributed by atoms with E-state index in [9.17, 15) is 4.79 Å². The first kappa shape index (κ1) is 11.7. The van der Waals surface area contributed by atoms with Crippen molar-refractivity contribution in [3.05, 3.63) is 35.4 Å². The molecule has 0 radical (unpaired) electrons. The SMILES string of the molecule is Cc1cccc(C(=O)OC2CCC(C#N)C2)c1. The van der Waals surface area contributed by atoms with Crippen molar-refractivity contribution < 1.29 is 9.53 Å². The summed E-state index contributed by atoms with van der Waals surface area (Å²) in [6.07, 6.45) is 2.22. The Morgan fingerprint density at radius 1 is 1.47 bits per heavy atom. The molecule has 3 nitrogen and oxygen atoms in total. The Labute approximate surface area is 101 Å². The van der Waals surface area contributed by atoms with Crippen LogP contribution in [0, 0.1) is 24.2 Å². The Bertz CT molecular complexity index is 462. The first-order valence-corrected chi connectivity index (χ1v) is 5.86. The Kier molecular flexibility index (Phi) is 3.43. The molecular weight excluding hydrogens is 214 g/mol. The second-order valence-electron chi connectivity index (χ2n) is 4.54. The fourth-order valence-corrected chi connectivity index (χ4v) is 2.16. The van der Waals surface area contributed by atoms with Crippen LogP contribution in [0.4, 0.5) is 0 Å². The van der Waals surface area contributed by atoms with Gasteiger partial charge < -0.3 is 4.74 Å². The predicted molar refractivity (Wildman–Crippen MR) is 63.3 cm³/mol. The fraction of sp³-hybridized carbons (Fsp3) is 0.429. The van der Waals surface area contributed by atoms with Gasteiger partial charge in [0, 0.05) is 12.3 Å². The molecule has 1 fully saturated rings. The number of aryl methyl sites for hydroxylation is 1. The van der Waals surface area contributed by atoms with E-state index in [2.05, 4.69) is 6.07 Å². The Hall–Kier alpha value is -1.82. The molecule has 0 amide bonds. The highest BCUT2D eigenvalue weighted by molar-refractivity contribution is 5.89. The summed E-state index contributed by atoms with van der Waals surface area (Å²) >= 11 is 0. The molecule has 0 aliphatic heterocycles. The monoisotopic (exact) mass is 229 g/mol. The number of esters is 1. The molecule has 2 atom stereocenters. The van der Waals surface area contributed by atoms with E-state index < -0.39 is 0 Å².